The van der Waals surface area contributed by atoms with Gasteiger partial charge in [-0.1, -0.05) is 54.9 Å². The van der Waals surface area contributed by atoms with Gasteiger partial charge in [0.25, 0.3) is 11.7 Å². The van der Waals surface area contributed by atoms with Crippen LogP contribution in [-0.2, 0) is 9.59 Å². The number of ether oxygens (including phenoxy) is 1. The van der Waals surface area contributed by atoms with E-state index in [1.54, 1.807) is 17.0 Å². The van der Waals surface area contributed by atoms with Crippen LogP contribution in [0.2, 0.25) is 0 Å². The van der Waals surface area contributed by atoms with Crippen molar-refractivity contribution >= 4 is 33.4 Å². The molecule has 31 heavy (non-hydrogen) atoms. The number of hydrogen-bond acceptors (Lipinski definition) is 4. The Bertz CT molecular complexity index is 1030. The molecule has 1 N–H and O–H groups in total. The summed E-state index contributed by atoms with van der Waals surface area (Å²) >= 11 is 3.45. The maximum absolute atomic E-state index is 13.0. The Morgan fingerprint density at radius 3 is 2.58 bits per heavy atom. The van der Waals surface area contributed by atoms with Crippen LogP contribution in [0.25, 0.3) is 5.76 Å². The van der Waals surface area contributed by atoms with Crippen LogP contribution in [0.15, 0.2) is 52.5 Å². The summed E-state index contributed by atoms with van der Waals surface area (Å²) in [6.07, 6.45) is 0.699. The first-order chi connectivity index (χ1) is 14.7. The van der Waals surface area contributed by atoms with Gasteiger partial charge in [0.1, 0.15) is 11.5 Å². The molecule has 0 radical (unpaired) electrons. The number of hydrogen-bond donors (Lipinski definition) is 1. The van der Waals surface area contributed by atoms with Crippen molar-refractivity contribution in [1.82, 2.24) is 4.90 Å². The van der Waals surface area contributed by atoms with Crippen LogP contribution < -0.4 is 4.74 Å². The number of Topliss-reactive ketones (excluding diaryl/α,β-unsaturated/α-hetero) is 1. The Morgan fingerprint density at radius 1 is 1.19 bits per heavy atom. The lowest BCUT2D eigenvalue weighted by atomic mass is 9.94. The zero-order valence-electron chi connectivity index (χ0n) is 18.3. The average molecular weight is 486 g/mol. The number of carbonyl (C=O) groups is 2. The molecule has 0 saturated carbocycles. The van der Waals surface area contributed by atoms with Gasteiger partial charge in [-0.05, 0) is 54.7 Å². The van der Waals surface area contributed by atoms with Crippen LogP contribution in [0.5, 0.6) is 5.75 Å². The van der Waals surface area contributed by atoms with E-state index in [1.807, 2.05) is 44.2 Å². The highest BCUT2D eigenvalue weighted by Crippen LogP contribution is 2.40. The molecule has 5 nitrogen and oxygen atoms in total. The highest BCUT2D eigenvalue weighted by molar-refractivity contribution is 9.10. The lowest BCUT2D eigenvalue weighted by Gasteiger charge is -2.25. The maximum atomic E-state index is 13.0. The predicted molar refractivity (Wildman–Crippen MR) is 125 cm³/mol. The summed E-state index contributed by atoms with van der Waals surface area (Å²) in [5.41, 5.74) is 2.28. The molecule has 3 rings (SSSR count). The molecule has 0 bridgehead atoms. The normalized spacial score (nSPS) is 18.1. The molecule has 2 aromatic rings. The molecular weight excluding hydrogens is 458 g/mol. The van der Waals surface area contributed by atoms with Gasteiger partial charge in [0.2, 0.25) is 0 Å². The Hall–Kier alpha value is -2.60. The number of likely N-dealkylation sites (tertiary alicyclic amines) is 1. The van der Waals surface area contributed by atoms with Crippen LogP contribution in [-0.4, -0.2) is 34.8 Å². The molecule has 1 unspecified atom stereocenters. The molecule has 0 spiro atoms. The number of aryl methyl sites for hydroxylation is 1. The van der Waals surface area contributed by atoms with Crippen molar-refractivity contribution in [3.63, 3.8) is 0 Å². The molecule has 164 valence electrons. The number of amides is 1. The lowest BCUT2D eigenvalue weighted by molar-refractivity contribution is -0.139. The summed E-state index contributed by atoms with van der Waals surface area (Å²) in [5.74, 6) is -0.366. The molecule has 1 atom stereocenters. The van der Waals surface area contributed by atoms with Crippen molar-refractivity contribution in [2.24, 2.45) is 5.92 Å². The van der Waals surface area contributed by atoms with Crippen molar-refractivity contribution in [2.45, 2.75) is 40.2 Å². The molecule has 6 heteroatoms. The minimum absolute atomic E-state index is 0.112. The van der Waals surface area contributed by atoms with Crippen LogP contribution in [0.1, 0.15) is 49.9 Å². The fraction of sp³-hybridized carbons (Fsp3) is 0.360. The van der Waals surface area contributed by atoms with E-state index in [-0.39, 0.29) is 11.3 Å². The van der Waals surface area contributed by atoms with Crippen LogP contribution in [0.4, 0.5) is 0 Å². The third kappa shape index (κ3) is 4.85. The molecule has 1 amide bonds. The maximum Gasteiger partial charge on any atom is 0.295 e. The van der Waals surface area contributed by atoms with Gasteiger partial charge in [-0.2, -0.15) is 0 Å². The number of ketones is 1. The molecular formula is C25H28BrNO4. The van der Waals surface area contributed by atoms with Crippen molar-refractivity contribution in [2.75, 3.05) is 13.2 Å². The second kappa shape index (κ2) is 9.69. The van der Waals surface area contributed by atoms with E-state index in [2.05, 4.69) is 29.8 Å². The number of halogens is 1. The first-order valence-corrected chi connectivity index (χ1v) is 11.3. The first-order valence-electron chi connectivity index (χ1n) is 10.5. The fourth-order valence-electron chi connectivity index (χ4n) is 3.68. The van der Waals surface area contributed by atoms with E-state index in [4.69, 9.17) is 4.74 Å². The highest BCUT2D eigenvalue weighted by Gasteiger charge is 2.45. The molecule has 2 aromatic carbocycles. The summed E-state index contributed by atoms with van der Waals surface area (Å²) < 4.78 is 6.76. The zero-order valence-corrected chi connectivity index (χ0v) is 19.9. The summed E-state index contributed by atoms with van der Waals surface area (Å²) in [7, 11) is 0. The number of nitrogens with zero attached hydrogens (tertiary/aromatic N) is 1. The number of aliphatic hydroxyl groups is 1. The monoisotopic (exact) mass is 485 g/mol. The number of aliphatic hydroxyl groups excluding tert-OH is 1. The van der Waals surface area contributed by atoms with Gasteiger partial charge in [0.05, 0.1) is 18.2 Å². The molecule has 1 aliphatic heterocycles. The lowest BCUT2D eigenvalue weighted by Crippen LogP contribution is -2.30. The van der Waals surface area contributed by atoms with Crippen LogP contribution >= 0.6 is 15.9 Å². The van der Waals surface area contributed by atoms with Crippen LogP contribution in [0, 0.1) is 12.8 Å². The average Bonchev–Trinajstić information content (AvgIpc) is 2.99. The number of carbonyl (C=O) groups excluding carboxylic acids is 2. The van der Waals surface area contributed by atoms with E-state index < -0.39 is 17.7 Å². The van der Waals surface area contributed by atoms with Gasteiger partial charge in [-0.15, -0.1) is 0 Å². The molecule has 1 fully saturated rings. The second-order valence-corrected chi connectivity index (χ2v) is 9.09. The summed E-state index contributed by atoms with van der Waals surface area (Å²) in [6, 6.07) is 12.1. The van der Waals surface area contributed by atoms with Crippen molar-refractivity contribution in [3.8, 4) is 5.75 Å². The topological polar surface area (TPSA) is 66.8 Å². The molecule has 0 aliphatic carbocycles. The predicted octanol–water partition coefficient (Wildman–Crippen LogP) is 5.62. The first kappa shape index (κ1) is 23.1. The third-order valence-electron chi connectivity index (χ3n) is 5.19. The molecule has 1 saturated heterocycles. The third-order valence-corrected chi connectivity index (χ3v) is 6.08. The Morgan fingerprint density at radius 2 is 1.94 bits per heavy atom. The largest absolute Gasteiger partial charge is 0.507 e. The van der Waals surface area contributed by atoms with Gasteiger partial charge in [-0.25, -0.2) is 0 Å². The highest BCUT2D eigenvalue weighted by atomic mass is 79.9. The van der Waals surface area contributed by atoms with Gasteiger partial charge in [0, 0.05) is 16.6 Å². The number of rotatable bonds is 7. The minimum atomic E-state index is -0.662. The fourth-order valence-corrected chi connectivity index (χ4v) is 3.93. The van der Waals surface area contributed by atoms with Crippen molar-refractivity contribution < 1.29 is 19.4 Å². The minimum Gasteiger partial charge on any atom is -0.507 e. The zero-order chi connectivity index (χ0) is 22.7. The molecule has 1 heterocycles. The molecule has 0 aromatic heterocycles. The van der Waals surface area contributed by atoms with Crippen LogP contribution in [0.3, 0.4) is 0 Å². The Kier molecular flexibility index (Phi) is 7.21. The van der Waals surface area contributed by atoms with E-state index in [9.17, 15) is 14.7 Å². The summed E-state index contributed by atoms with van der Waals surface area (Å²) in [4.78, 5) is 27.4. The quantitative estimate of drug-likeness (QED) is 0.313. The summed E-state index contributed by atoms with van der Waals surface area (Å²) in [6.45, 7) is 8.99. The van der Waals surface area contributed by atoms with Gasteiger partial charge in [0.15, 0.2) is 0 Å². The Labute approximate surface area is 191 Å². The van der Waals surface area contributed by atoms with Gasteiger partial charge < -0.3 is 14.7 Å². The van der Waals surface area contributed by atoms with Gasteiger partial charge in [-0.3, -0.25) is 9.59 Å². The standard InChI is InChI=1S/C25H28BrNO4/c1-5-11-27-22(17-7-6-8-19(13-17)31-14-15(2)3)21(24(29)25(27)30)23(28)18-9-10-20(26)16(4)12-18/h6-10,12-13,15,22,28H,5,11,14H2,1-4H3/b23-21-. The second-order valence-electron chi connectivity index (χ2n) is 8.23. The SMILES string of the molecule is CCCN1C(=O)C(=O)/C(=C(\O)c2ccc(Br)c(C)c2)C1c1cccc(OCC(C)C)c1. The summed E-state index contributed by atoms with van der Waals surface area (Å²) in [5, 5.41) is 11.1. The molecule has 1 aliphatic rings. The van der Waals surface area contributed by atoms with E-state index in [0.29, 0.717) is 36.8 Å². The number of benzene rings is 2. The smallest absolute Gasteiger partial charge is 0.295 e. The van der Waals surface area contributed by atoms with E-state index in [1.165, 1.54) is 0 Å². The van der Waals surface area contributed by atoms with Crippen molar-refractivity contribution in [3.05, 3.63) is 69.2 Å². The van der Waals surface area contributed by atoms with E-state index in [0.717, 1.165) is 15.6 Å². The Balaban J connectivity index is 2.12. The van der Waals surface area contributed by atoms with E-state index >= 15 is 0 Å². The van der Waals surface area contributed by atoms with Gasteiger partial charge >= 0.3 is 0 Å². The van der Waals surface area contributed by atoms with Crippen molar-refractivity contribution in [1.29, 1.82) is 0 Å².